The zero-order valence-electron chi connectivity index (χ0n) is 14.4. The number of ether oxygens (including phenoxy) is 2. The monoisotopic (exact) mass is 396 g/mol. The van der Waals surface area contributed by atoms with E-state index in [-0.39, 0.29) is 5.56 Å². The van der Waals surface area contributed by atoms with Crippen molar-refractivity contribution in [2.45, 2.75) is 19.4 Å². The summed E-state index contributed by atoms with van der Waals surface area (Å²) < 4.78 is 44.9. The zero-order chi connectivity index (χ0) is 20.7. The number of alkyl halides is 3. The van der Waals surface area contributed by atoms with E-state index >= 15 is 0 Å². The lowest BCUT2D eigenvalue weighted by molar-refractivity contribution is -0.274. The molecule has 2 rings (SSSR count). The van der Waals surface area contributed by atoms with Crippen molar-refractivity contribution in [1.29, 1.82) is 0 Å². The van der Waals surface area contributed by atoms with Crippen molar-refractivity contribution < 1.29 is 37.0 Å². The molecule has 2 amide bonds. The van der Waals surface area contributed by atoms with Crippen molar-refractivity contribution in [3.63, 3.8) is 0 Å². The minimum atomic E-state index is -4.85. The number of hydrazine groups is 1. The van der Waals surface area contributed by atoms with Crippen LogP contribution in [-0.4, -0.2) is 30.2 Å². The van der Waals surface area contributed by atoms with Gasteiger partial charge in [-0.3, -0.25) is 20.4 Å². The smallest absolute Gasteiger partial charge is 0.449 e. The molecule has 2 aromatic rings. The van der Waals surface area contributed by atoms with Crippen LogP contribution in [0.5, 0.6) is 5.75 Å². The van der Waals surface area contributed by atoms with Gasteiger partial charge in [0.15, 0.2) is 6.10 Å². The maximum absolute atomic E-state index is 12.1. The summed E-state index contributed by atoms with van der Waals surface area (Å²) in [7, 11) is 0. The number of hydrogen-bond acceptors (Lipinski definition) is 5. The van der Waals surface area contributed by atoms with Gasteiger partial charge in [0.25, 0.3) is 11.8 Å². The highest BCUT2D eigenvalue weighted by molar-refractivity contribution is 5.96. The minimum Gasteiger partial charge on any atom is -0.449 e. The second-order valence-electron chi connectivity index (χ2n) is 5.43. The predicted molar refractivity (Wildman–Crippen MR) is 90.1 cm³/mol. The summed E-state index contributed by atoms with van der Waals surface area (Å²) in [5.41, 5.74) is 4.51. The highest BCUT2D eigenvalue weighted by Crippen LogP contribution is 2.23. The number of hydrogen-bond donors (Lipinski definition) is 2. The van der Waals surface area contributed by atoms with Crippen LogP contribution in [0, 0.1) is 0 Å². The third kappa shape index (κ3) is 6.31. The van der Waals surface area contributed by atoms with Gasteiger partial charge in [-0.05, 0) is 43.3 Å². The fourth-order valence-electron chi connectivity index (χ4n) is 1.96. The van der Waals surface area contributed by atoms with Gasteiger partial charge in [-0.2, -0.15) is 0 Å². The summed E-state index contributed by atoms with van der Waals surface area (Å²) >= 11 is 0. The Balaban J connectivity index is 1.85. The minimum absolute atomic E-state index is 0.0810. The van der Waals surface area contributed by atoms with Crippen LogP contribution >= 0.6 is 0 Å². The summed E-state index contributed by atoms with van der Waals surface area (Å²) in [5.74, 6) is -2.79. The van der Waals surface area contributed by atoms with E-state index in [4.69, 9.17) is 4.74 Å². The molecule has 0 bridgehead atoms. The molecule has 0 aliphatic rings. The van der Waals surface area contributed by atoms with E-state index in [1.165, 1.54) is 19.1 Å². The first-order chi connectivity index (χ1) is 13.2. The van der Waals surface area contributed by atoms with Gasteiger partial charge in [-0.15, -0.1) is 13.2 Å². The van der Waals surface area contributed by atoms with Gasteiger partial charge in [0.1, 0.15) is 5.75 Å². The van der Waals surface area contributed by atoms with Crippen molar-refractivity contribution in [2.75, 3.05) is 0 Å². The van der Waals surface area contributed by atoms with Crippen LogP contribution in [0.1, 0.15) is 27.6 Å². The molecule has 148 valence electrons. The number of nitrogens with one attached hydrogen (secondary N) is 2. The number of rotatable bonds is 5. The number of amides is 2. The van der Waals surface area contributed by atoms with E-state index in [0.717, 1.165) is 24.3 Å². The maximum Gasteiger partial charge on any atom is 0.573 e. The van der Waals surface area contributed by atoms with Crippen molar-refractivity contribution in [3.8, 4) is 5.75 Å². The standard InChI is InChI=1S/C18H15F3N2O5/c1-11(15(24)22-23-16(25)12-5-3-2-4-6-12)27-17(26)13-7-9-14(10-8-13)28-18(19,20)21/h2-11H,1H3,(H,22,24)(H,23,25)/t11-/m0/s1. The Hall–Kier alpha value is -3.56. The number of esters is 1. The number of benzene rings is 2. The van der Waals surface area contributed by atoms with Crippen molar-refractivity contribution in [2.24, 2.45) is 0 Å². The summed E-state index contributed by atoms with van der Waals surface area (Å²) in [6, 6.07) is 12.1. The molecule has 7 nitrogen and oxygen atoms in total. The normalized spacial score (nSPS) is 11.9. The molecular weight excluding hydrogens is 381 g/mol. The van der Waals surface area contributed by atoms with Gasteiger partial charge in [0, 0.05) is 5.56 Å². The topological polar surface area (TPSA) is 93.7 Å². The molecular formula is C18H15F3N2O5. The van der Waals surface area contributed by atoms with Gasteiger partial charge in [-0.1, -0.05) is 18.2 Å². The van der Waals surface area contributed by atoms with Crippen LogP contribution in [0.4, 0.5) is 13.2 Å². The first-order valence-electron chi connectivity index (χ1n) is 7.88. The maximum atomic E-state index is 12.1. The summed E-state index contributed by atoms with van der Waals surface area (Å²) in [5, 5.41) is 0. The molecule has 0 aliphatic heterocycles. The fraction of sp³-hybridized carbons (Fsp3) is 0.167. The largest absolute Gasteiger partial charge is 0.573 e. The van der Waals surface area contributed by atoms with Crippen LogP contribution < -0.4 is 15.6 Å². The van der Waals surface area contributed by atoms with Crippen LogP contribution in [0.25, 0.3) is 0 Å². The van der Waals surface area contributed by atoms with Crippen LogP contribution in [0.2, 0.25) is 0 Å². The third-order valence-electron chi connectivity index (χ3n) is 3.31. The van der Waals surface area contributed by atoms with E-state index < -0.39 is 36.0 Å². The van der Waals surface area contributed by atoms with Gasteiger partial charge >= 0.3 is 12.3 Å². The average Bonchev–Trinajstić information content (AvgIpc) is 2.65. The first-order valence-corrected chi connectivity index (χ1v) is 7.88. The van der Waals surface area contributed by atoms with Gasteiger partial charge in [0.2, 0.25) is 0 Å². The molecule has 2 aromatic carbocycles. The fourth-order valence-corrected chi connectivity index (χ4v) is 1.96. The lowest BCUT2D eigenvalue weighted by Crippen LogP contribution is -2.46. The van der Waals surface area contributed by atoms with Crippen molar-refractivity contribution >= 4 is 17.8 Å². The molecule has 0 aliphatic carbocycles. The Morgan fingerprint density at radius 3 is 2.07 bits per heavy atom. The average molecular weight is 396 g/mol. The number of halogens is 3. The van der Waals surface area contributed by atoms with Crippen LogP contribution in [0.15, 0.2) is 54.6 Å². The third-order valence-corrected chi connectivity index (χ3v) is 3.31. The Kier molecular flexibility index (Phi) is 6.59. The molecule has 0 spiro atoms. The van der Waals surface area contributed by atoms with Crippen molar-refractivity contribution in [1.82, 2.24) is 10.9 Å². The molecule has 10 heteroatoms. The quantitative estimate of drug-likeness (QED) is 0.599. The van der Waals surface area contributed by atoms with Crippen molar-refractivity contribution in [3.05, 3.63) is 65.7 Å². The predicted octanol–water partition coefficient (Wildman–Crippen LogP) is 2.59. The van der Waals surface area contributed by atoms with E-state index in [1.807, 2.05) is 0 Å². The van der Waals surface area contributed by atoms with Gasteiger partial charge in [0.05, 0.1) is 5.56 Å². The lowest BCUT2D eigenvalue weighted by atomic mass is 10.2. The molecule has 0 aromatic heterocycles. The summed E-state index contributed by atoms with van der Waals surface area (Å²) in [4.78, 5) is 35.7. The summed E-state index contributed by atoms with van der Waals surface area (Å²) in [6.45, 7) is 1.27. The SMILES string of the molecule is C[C@H](OC(=O)c1ccc(OC(F)(F)F)cc1)C(=O)NNC(=O)c1ccccc1. The molecule has 0 saturated carbocycles. The molecule has 2 N–H and O–H groups in total. The Morgan fingerprint density at radius 1 is 0.893 bits per heavy atom. The second kappa shape index (κ2) is 8.89. The van der Waals surface area contributed by atoms with E-state index in [1.54, 1.807) is 18.2 Å². The number of carbonyl (C=O) groups is 3. The molecule has 0 heterocycles. The molecule has 0 fully saturated rings. The lowest BCUT2D eigenvalue weighted by Gasteiger charge is -2.14. The van der Waals surface area contributed by atoms with E-state index in [0.29, 0.717) is 5.56 Å². The van der Waals surface area contributed by atoms with Gasteiger partial charge < -0.3 is 9.47 Å². The molecule has 28 heavy (non-hydrogen) atoms. The Labute approximate surface area is 157 Å². The van der Waals surface area contributed by atoms with Crippen LogP contribution in [-0.2, 0) is 9.53 Å². The molecule has 0 saturated heterocycles. The Morgan fingerprint density at radius 2 is 1.50 bits per heavy atom. The van der Waals surface area contributed by atoms with Crippen LogP contribution in [0.3, 0.4) is 0 Å². The molecule has 1 atom stereocenters. The molecule has 0 radical (unpaired) electrons. The van der Waals surface area contributed by atoms with E-state index in [9.17, 15) is 27.6 Å². The zero-order valence-corrected chi connectivity index (χ0v) is 14.4. The molecule has 0 unspecified atom stereocenters. The highest BCUT2D eigenvalue weighted by atomic mass is 19.4. The first kappa shape index (κ1) is 20.7. The Bertz CT molecular complexity index is 839. The van der Waals surface area contributed by atoms with E-state index in [2.05, 4.69) is 15.6 Å². The van der Waals surface area contributed by atoms with Gasteiger partial charge in [-0.25, -0.2) is 4.79 Å². The second-order valence-corrected chi connectivity index (χ2v) is 5.43. The number of carbonyl (C=O) groups excluding carboxylic acids is 3. The summed E-state index contributed by atoms with van der Waals surface area (Å²) in [6.07, 6.45) is -6.12. The highest BCUT2D eigenvalue weighted by Gasteiger charge is 2.31.